The molecule has 1 N–H and O–H groups in total. The number of hydrogen-bond acceptors (Lipinski definition) is 3. The van der Waals surface area contributed by atoms with Crippen LogP contribution in [0.2, 0.25) is 0 Å². The van der Waals surface area contributed by atoms with Gasteiger partial charge in [-0.2, -0.15) is 4.79 Å². The molecule has 158 valence electrons. The number of nitrogens with one attached hydrogen (secondary N) is 1. The third-order valence-corrected chi connectivity index (χ3v) is 6.94. The highest BCUT2D eigenvalue weighted by molar-refractivity contribution is 5.87. The average molecular weight is 409 g/mol. The van der Waals surface area contributed by atoms with E-state index in [9.17, 15) is 0 Å². The molecule has 2 aromatic carbocycles. The van der Waals surface area contributed by atoms with Crippen molar-refractivity contribution in [1.29, 1.82) is 0 Å². The molecule has 1 aliphatic carbocycles. The molecular formula is C25H29FN2O2. The summed E-state index contributed by atoms with van der Waals surface area (Å²) in [6.45, 7) is 2.08. The SMILES string of the molecule is COc1ccc(CC2NC3CCCCC3c3c2n(F)c2ccc(C)cc32)c(OC)c1. The van der Waals surface area contributed by atoms with Gasteiger partial charge in [0.25, 0.3) is 0 Å². The highest BCUT2D eigenvalue weighted by Crippen LogP contribution is 2.47. The summed E-state index contributed by atoms with van der Waals surface area (Å²) in [5, 5.41) is 4.89. The summed E-state index contributed by atoms with van der Waals surface area (Å²) < 4.78 is 26.6. The van der Waals surface area contributed by atoms with Crippen molar-refractivity contribution in [3.05, 3.63) is 58.8 Å². The van der Waals surface area contributed by atoms with E-state index in [0.717, 1.165) is 45.8 Å². The van der Waals surface area contributed by atoms with Crippen LogP contribution in [0.1, 0.15) is 60.0 Å². The lowest BCUT2D eigenvalue weighted by molar-refractivity contribution is 0.250. The maximum Gasteiger partial charge on any atom is 0.125 e. The number of aryl methyl sites for hydroxylation is 1. The Bertz CT molecular complexity index is 1090. The van der Waals surface area contributed by atoms with Gasteiger partial charge in [-0.15, -0.1) is 0 Å². The molecule has 5 heteroatoms. The molecule has 1 fully saturated rings. The van der Waals surface area contributed by atoms with Gasteiger partial charge in [0.05, 0.1) is 31.5 Å². The standard InChI is InChI=1S/C25H29FN2O2/c1-15-8-11-22-19(12-15)24-18-6-4-5-7-20(18)27-21(25(24)28(22)26)13-16-9-10-17(29-2)14-23(16)30-3/h8-12,14,18,20-21,27H,4-7,13H2,1-3H3. The first kappa shape index (κ1) is 19.4. The topological polar surface area (TPSA) is 35.4 Å². The van der Waals surface area contributed by atoms with Gasteiger partial charge in [0, 0.05) is 23.4 Å². The normalized spacial score (nSPS) is 23.1. The van der Waals surface area contributed by atoms with E-state index in [4.69, 9.17) is 9.47 Å². The highest BCUT2D eigenvalue weighted by Gasteiger charge is 2.40. The summed E-state index contributed by atoms with van der Waals surface area (Å²) in [5.41, 5.74) is 4.92. The van der Waals surface area contributed by atoms with Crippen molar-refractivity contribution < 1.29 is 14.0 Å². The molecule has 2 aliphatic rings. The van der Waals surface area contributed by atoms with Crippen LogP contribution >= 0.6 is 0 Å². The van der Waals surface area contributed by atoms with Crippen molar-refractivity contribution in [2.45, 2.75) is 57.0 Å². The number of benzene rings is 2. The van der Waals surface area contributed by atoms with Crippen molar-refractivity contribution in [1.82, 2.24) is 10.1 Å². The summed E-state index contributed by atoms with van der Waals surface area (Å²) >= 11 is 0. The van der Waals surface area contributed by atoms with E-state index in [1.54, 1.807) is 14.2 Å². The van der Waals surface area contributed by atoms with Crippen LogP contribution in [0, 0.1) is 6.92 Å². The van der Waals surface area contributed by atoms with Crippen LogP contribution in [-0.4, -0.2) is 25.1 Å². The highest BCUT2D eigenvalue weighted by atomic mass is 19.2. The largest absolute Gasteiger partial charge is 0.497 e. The molecule has 3 atom stereocenters. The van der Waals surface area contributed by atoms with Gasteiger partial charge in [0.2, 0.25) is 0 Å². The molecule has 0 saturated heterocycles. The zero-order valence-corrected chi connectivity index (χ0v) is 17.9. The molecule has 3 unspecified atom stereocenters. The minimum absolute atomic E-state index is 0.0978. The second kappa shape index (κ2) is 7.62. The van der Waals surface area contributed by atoms with Gasteiger partial charge < -0.3 is 14.8 Å². The first-order valence-electron chi connectivity index (χ1n) is 10.9. The van der Waals surface area contributed by atoms with Crippen LogP contribution in [0.4, 0.5) is 4.48 Å². The number of nitrogens with zero attached hydrogens (tertiary/aromatic N) is 1. The van der Waals surface area contributed by atoms with E-state index < -0.39 is 0 Å². The molecule has 5 rings (SSSR count). The van der Waals surface area contributed by atoms with Crippen LogP contribution in [0.3, 0.4) is 0 Å². The molecule has 1 aliphatic heterocycles. The van der Waals surface area contributed by atoms with Crippen molar-refractivity contribution in [3.63, 3.8) is 0 Å². The van der Waals surface area contributed by atoms with Gasteiger partial charge in [-0.05, 0) is 55.5 Å². The van der Waals surface area contributed by atoms with Crippen molar-refractivity contribution >= 4 is 10.9 Å². The van der Waals surface area contributed by atoms with Crippen LogP contribution in [-0.2, 0) is 6.42 Å². The average Bonchev–Trinajstić information content (AvgIpc) is 3.06. The Hall–Kier alpha value is -2.53. The number of rotatable bonds is 4. The lowest BCUT2D eigenvalue weighted by atomic mass is 9.74. The molecule has 3 aromatic rings. The summed E-state index contributed by atoms with van der Waals surface area (Å²) in [4.78, 5) is 0.933. The van der Waals surface area contributed by atoms with Crippen molar-refractivity contribution in [2.24, 2.45) is 0 Å². The van der Waals surface area contributed by atoms with Gasteiger partial charge in [-0.3, -0.25) is 0 Å². The maximum absolute atomic E-state index is 15.7. The molecular weight excluding hydrogens is 379 g/mol. The van der Waals surface area contributed by atoms with Gasteiger partial charge in [0.1, 0.15) is 11.5 Å². The van der Waals surface area contributed by atoms with Crippen LogP contribution in [0.5, 0.6) is 11.5 Å². The number of halogens is 1. The Kier molecular flexibility index (Phi) is 4.94. The summed E-state index contributed by atoms with van der Waals surface area (Å²) in [6.07, 6.45) is 5.38. The molecule has 30 heavy (non-hydrogen) atoms. The molecule has 1 aromatic heterocycles. The van der Waals surface area contributed by atoms with Crippen LogP contribution < -0.4 is 14.8 Å². The number of aromatic nitrogens is 1. The second-order valence-electron chi connectivity index (χ2n) is 8.70. The number of fused-ring (bicyclic) bond motifs is 5. The quantitative estimate of drug-likeness (QED) is 0.609. The first-order chi connectivity index (χ1) is 14.6. The van der Waals surface area contributed by atoms with Crippen molar-refractivity contribution in [3.8, 4) is 11.5 Å². The van der Waals surface area contributed by atoms with E-state index >= 15 is 4.48 Å². The molecule has 2 heterocycles. The van der Waals surface area contributed by atoms with E-state index in [2.05, 4.69) is 18.3 Å². The Morgan fingerprint density at radius 1 is 1.07 bits per heavy atom. The molecule has 1 saturated carbocycles. The van der Waals surface area contributed by atoms with Crippen molar-refractivity contribution in [2.75, 3.05) is 14.2 Å². The fourth-order valence-corrected chi connectivity index (χ4v) is 5.53. The maximum atomic E-state index is 15.7. The van der Waals surface area contributed by atoms with Gasteiger partial charge >= 0.3 is 0 Å². The smallest absolute Gasteiger partial charge is 0.125 e. The second-order valence-corrected chi connectivity index (χ2v) is 8.70. The van der Waals surface area contributed by atoms with Gasteiger partial charge in [-0.25, -0.2) is 0 Å². The summed E-state index contributed by atoms with van der Waals surface area (Å²) in [7, 11) is 3.32. The monoisotopic (exact) mass is 408 g/mol. The van der Waals surface area contributed by atoms with E-state index in [0.29, 0.717) is 23.9 Å². The molecule has 0 spiro atoms. The number of ether oxygens (including phenoxy) is 2. The van der Waals surface area contributed by atoms with Crippen LogP contribution in [0.15, 0.2) is 36.4 Å². The number of methoxy groups -OCH3 is 2. The molecule has 0 bridgehead atoms. The van der Waals surface area contributed by atoms with E-state index in [-0.39, 0.29) is 6.04 Å². The fourth-order valence-electron chi connectivity index (χ4n) is 5.53. The minimum atomic E-state index is -0.0978. The third-order valence-electron chi connectivity index (χ3n) is 6.94. The van der Waals surface area contributed by atoms with Crippen LogP contribution in [0.25, 0.3) is 10.9 Å². The first-order valence-corrected chi connectivity index (χ1v) is 10.9. The predicted octanol–water partition coefficient (Wildman–Crippen LogP) is 5.61. The Morgan fingerprint density at radius 2 is 1.90 bits per heavy atom. The minimum Gasteiger partial charge on any atom is -0.497 e. The zero-order chi connectivity index (χ0) is 20.8. The van der Waals surface area contributed by atoms with E-state index in [1.165, 1.54) is 24.0 Å². The fraction of sp³-hybridized carbons (Fsp3) is 0.440. The third kappa shape index (κ3) is 3.07. The Morgan fingerprint density at radius 3 is 2.70 bits per heavy atom. The lowest BCUT2D eigenvalue weighted by Gasteiger charge is -2.41. The lowest BCUT2D eigenvalue weighted by Crippen LogP contribution is -2.45. The molecule has 0 amide bonds. The predicted molar refractivity (Wildman–Crippen MR) is 117 cm³/mol. The summed E-state index contributed by atoms with van der Waals surface area (Å²) in [5.74, 6) is 1.92. The molecule has 0 radical (unpaired) electrons. The summed E-state index contributed by atoms with van der Waals surface area (Å²) in [6, 6.07) is 12.2. The zero-order valence-electron chi connectivity index (χ0n) is 17.9. The number of hydrogen-bond donors (Lipinski definition) is 1. The molecule has 4 nitrogen and oxygen atoms in total. The van der Waals surface area contributed by atoms with Gasteiger partial charge in [-0.1, -0.05) is 35.0 Å². The van der Waals surface area contributed by atoms with Gasteiger partial charge in [0.15, 0.2) is 0 Å². The van der Waals surface area contributed by atoms with E-state index in [1.807, 2.05) is 30.3 Å². The Labute approximate surface area is 176 Å². The Balaban J connectivity index is 1.63.